The van der Waals surface area contributed by atoms with E-state index in [2.05, 4.69) is 219 Å². The summed E-state index contributed by atoms with van der Waals surface area (Å²) < 4.78 is 0. The third-order valence-corrected chi connectivity index (χ3v) is 54.4. The van der Waals surface area contributed by atoms with Gasteiger partial charge in [-0.15, -0.1) is 0 Å². The van der Waals surface area contributed by atoms with Crippen LogP contribution in [0.1, 0.15) is 465 Å². The van der Waals surface area contributed by atoms with Crippen LogP contribution in [0, 0.1) is 220 Å². The van der Waals surface area contributed by atoms with Crippen LogP contribution in [-0.4, -0.2) is 56.4 Å². The van der Waals surface area contributed by atoms with E-state index in [1.54, 1.807) is 11.1 Å². The highest BCUT2D eigenvalue weighted by molar-refractivity contribution is 5.84. The SMILES string of the molecule is C=C(C)[C@@H]1CC[C@]2(C)CC[C@]3(C)[C@H](CC[C@@H]4[C@@]5(C)CC[C@H](O)C(C)(C)[C@@H]5CC[C@]43C)[C@@H]12.C=C(C)[C@@H]1CC[C@]2(CC)CC[C@]3(C)[C@H](CC[C@@H]4[C@@]5(C)CC[C@H](O)C(C)(C)[C@@H]5CC[C@]43C)[C@@H]12.CC(=O)[C@]12CCC(C)(C)C[C@H]1C1=CC[C@@H]3[C@@]4(C)CC[C@H](O)C(C)(C)[C@@H]4CC[C@@]3(C)[C@]1(C)CC2.CC(=O)[C@]12CC[C@@H](C)[C@H](C)[C@H]1C1=CC[C@@H]3[C@@]4(C)CC[C@H](O)C(C)(C)[C@@H]4CC[C@@]3(C)[C@]1(C)CC2. The number of rotatable bonds is 5. The highest BCUT2D eigenvalue weighted by atomic mass is 16.3. The van der Waals surface area contributed by atoms with Crippen molar-refractivity contribution < 1.29 is 30.0 Å². The van der Waals surface area contributed by atoms with Crippen LogP contribution in [-0.2, 0) is 9.59 Å². The molecule has 0 radical (unpaired) electrons. The van der Waals surface area contributed by atoms with Gasteiger partial charge in [0, 0.05) is 10.8 Å². The first kappa shape index (κ1) is 98.7. The molecule has 18 fully saturated rings. The first-order valence-electron chi connectivity index (χ1n) is 56.0. The second-order valence-corrected chi connectivity index (χ2v) is 59.5. The Morgan fingerprint density at radius 2 is 0.713 bits per heavy atom. The van der Waals surface area contributed by atoms with E-state index in [0.717, 1.165) is 112 Å². The van der Waals surface area contributed by atoms with Gasteiger partial charge in [-0.3, -0.25) is 9.59 Å². The lowest BCUT2D eigenvalue weighted by atomic mass is 9.32. The van der Waals surface area contributed by atoms with Crippen molar-refractivity contribution in [3.8, 4) is 0 Å². The number of aliphatic hydroxyl groups is 4. The molecule has 0 aromatic heterocycles. The van der Waals surface area contributed by atoms with Gasteiger partial charge in [0.2, 0.25) is 0 Å². The standard InChI is InChI=1S/2C31H50O2.C31H52O.C30H50O/c1-19-11-16-31(21(3)32)18-17-29(7)22(26(31)20(19)2)9-10-24-28(6)14-13-25(33)27(4,5)23(28)12-15-30(24,29)8;1-20(32)31-17-15-26(2,3)19-22(31)21-9-10-24-28(6)13-12-25(33)27(4,5)23(28)11-14-30(24,8)29(21,7)16-18-31;1-9-31-17-12-21(20(2)3)26(31)22-10-11-24-28(6)15-14-25(32)27(4,5)23(28)13-16-30(24,8)29(22,7)18-19-31;1-19(2)20-11-14-27(5)17-18-29(7)21(25(20)27)9-10-23-28(6)15-13-24(31)26(3,4)22(28)12-16-30(23,29)8/h9,19-20,23-26,33H,10-18H2,1-8H3;9,22-25,33H,10-19H2,1-8H3;21-26,32H,2,9-19H2,1,3-8H3;20-25,31H,1,9-18H2,2-8H3/t19-,20+,23+,24-,25+,26+,28+,29-,30-,31-;22-,23-,24+,25-,28-,29+,30+,31+;21-,22+,23-,24+,25-,26+,28-,29+,30+,31+;20-,21+,22-,23+,24-,25+,27+,28-,29+,30+/m1000/s1. The fourth-order valence-electron chi connectivity index (χ4n) is 45.3. The molecule has 18 saturated carbocycles. The maximum absolute atomic E-state index is 13.2. The molecule has 0 aliphatic heterocycles. The van der Waals surface area contributed by atoms with Crippen LogP contribution in [0.3, 0.4) is 0 Å². The van der Waals surface area contributed by atoms with Crippen LogP contribution in [0.5, 0.6) is 0 Å². The van der Waals surface area contributed by atoms with Crippen molar-refractivity contribution in [2.45, 2.75) is 489 Å². The maximum atomic E-state index is 13.2. The fourth-order valence-corrected chi connectivity index (χ4v) is 45.3. The minimum atomic E-state index is -0.166. The van der Waals surface area contributed by atoms with Crippen LogP contribution in [0.15, 0.2) is 47.6 Å². The number of carbonyl (C=O) groups is 2. The molecule has 730 valence electrons. The Bertz CT molecular complexity index is 4390. The summed E-state index contributed by atoms with van der Waals surface area (Å²) in [5.74, 6) is 13.6. The van der Waals surface area contributed by atoms with Gasteiger partial charge in [-0.1, -0.05) is 234 Å². The summed E-state index contributed by atoms with van der Waals surface area (Å²) in [6.07, 6.45) is 55.0. The van der Waals surface area contributed by atoms with Crippen LogP contribution in [0.25, 0.3) is 0 Å². The highest BCUT2D eigenvalue weighted by Crippen LogP contribution is 2.84. The van der Waals surface area contributed by atoms with Crippen molar-refractivity contribution >= 4 is 11.6 Å². The third kappa shape index (κ3) is 13.2. The Balaban J connectivity index is 0.000000121. The number of allylic oxidation sites excluding steroid dienone is 6. The average Bonchev–Trinajstić information content (AvgIpc) is 1.67. The summed E-state index contributed by atoms with van der Waals surface area (Å²) in [5, 5.41) is 43.6. The van der Waals surface area contributed by atoms with E-state index in [9.17, 15) is 30.0 Å². The molecular weight excluding hydrogens is 1570 g/mol. The van der Waals surface area contributed by atoms with Gasteiger partial charge >= 0.3 is 0 Å². The lowest BCUT2D eigenvalue weighted by molar-refractivity contribution is -0.247. The minimum Gasteiger partial charge on any atom is -0.393 e. The fraction of sp³-hybridized carbons (Fsp3) is 0.919. The first-order chi connectivity index (χ1) is 59.6. The van der Waals surface area contributed by atoms with E-state index in [1.807, 2.05) is 13.8 Å². The van der Waals surface area contributed by atoms with Crippen molar-refractivity contribution in [2.24, 2.45) is 220 Å². The summed E-state index contributed by atoms with van der Waals surface area (Å²) >= 11 is 0. The number of ketones is 2. The van der Waals surface area contributed by atoms with Crippen LogP contribution in [0.2, 0.25) is 0 Å². The van der Waals surface area contributed by atoms with E-state index in [0.29, 0.717) is 130 Å². The molecule has 0 saturated heterocycles. The van der Waals surface area contributed by atoms with Crippen LogP contribution >= 0.6 is 0 Å². The molecule has 129 heavy (non-hydrogen) atoms. The summed E-state index contributed by atoms with van der Waals surface area (Å²) in [7, 11) is 0. The Labute approximate surface area is 793 Å². The molecule has 6 nitrogen and oxygen atoms in total. The topological polar surface area (TPSA) is 115 Å². The Morgan fingerprint density at radius 1 is 0.341 bits per heavy atom. The smallest absolute Gasteiger partial charge is 0.136 e. The quantitative estimate of drug-likeness (QED) is 0.204. The zero-order valence-electron chi connectivity index (χ0n) is 89.7. The second kappa shape index (κ2) is 31.6. The molecule has 38 atom stereocenters. The molecule has 0 aromatic rings. The second-order valence-electron chi connectivity index (χ2n) is 59.5. The molecule has 0 amide bonds. The molecule has 6 heteroatoms. The monoisotopic (exact) mass is 1780 g/mol. The third-order valence-electron chi connectivity index (χ3n) is 54.4. The lowest BCUT2D eigenvalue weighted by Gasteiger charge is -2.73. The van der Waals surface area contributed by atoms with E-state index in [-0.39, 0.29) is 78.6 Å². The van der Waals surface area contributed by atoms with E-state index < -0.39 is 0 Å². The van der Waals surface area contributed by atoms with Crippen molar-refractivity contribution in [2.75, 3.05) is 0 Å². The number of fused-ring (bicyclic) bond motifs is 28. The average molecular weight is 1780 g/mol. The predicted molar refractivity (Wildman–Crippen MR) is 537 cm³/mol. The van der Waals surface area contributed by atoms with E-state index in [1.165, 1.54) is 204 Å². The molecule has 4 N–H and O–H groups in total. The maximum Gasteiger partial charge on any atom is 0.136 e. The van der Waals surface area contributed by atoms with Gasteiger partial charge in [-0.25, -0.2) is 0 Å². The first-order valence-corrected chi connectivity index (χ1v) is 56.0. The van der Waals surface area contributed by atoms with Crippen molar-refractivity contribution in [3.63, 3.8) is 0 Å². The number of Topliss-reactive ketones (excluding diaryl/α,β-unsaturated/α-hetero) is 2. The van der Waals surface area contributed by atoms with E-state index in [4.69, 9.17) is 0 Å². The van der Waals surface area contributed by atoms with E-state index >= 15 is 0 Å². The number of carbonyl (C=O) groups excluding carboxylic acids is 2. The Morgan fingerprint density at radius 3 is 1.14 bits per heavy atom. The van der Waals surface area contributed by atoms with Crippen molar-refractivity contribution in [3.05, 3.63) is 47.6 Å². The normalized spacial score (nSPS) is 55.5. The highest BCUT2D eigenvalue weighted by Gasteiger charge is 2.77. The largest absolute Gasteiger partial charge is 0.393 e. The predicted octanol–water partition coefficient (Wildman–Crippen LogP) is 31.8. The number of hydrogen-bond donors (Lipinski definition) is 4. The molecule has 20 aliphatic rings. The minimum absolute atomic E-state index is 0.00287. The summed E-state index contributed by atoms with van der Waals surface area (Å²) in [6.45, 7) is 83.1. The summed E-state index contributed by atoms with van der Waals surface area (Å²) in [4.78, 5) is 26.4. The van der Waals surface area contributed by atoms with Gasteiger partial charge < -0.3 is 20.4 Å². The zero-order valence-corrected chi connectivity index (χ0v) is 89.7. The zero-order chi connectivity index (χ0) is 94.4. The molecule has 0 bridgehead atoms. The molecule has 0 spiro atoms. The van der Waals surface area contributed by atoms with Crippen LogP contribution < -0.4 is 0 Å². The van der Waals surface area contributed by atoms with Crippen LogP contribution in [0.4, 0.5) is 0 Å². The molecule has 0 aromatic carbocycles. The van der Waals surface area contributed by atoms with Gasteiger partial charge in [0.1, 0.15) is 11.6 Å². The van der Waals surface area contributed by atoms with Gasteiger partial charge in [-0.2, -0.15) is 0 Å². The van der Waals surface area contributed by atoms with Gasteiger partial charge in [0.15, 0.2) is 0 Å². The Kier molecular flexibility index (Phi) is 24.2. The molecule has 20 aliphatic carbocycles. The lowest BCUT2D eigenvalue weighted by Crippen LogP contribution is -2.66. The molecule has 0 unspecified atom stereocenters. The summed E-state index contributed by atoms with van der Waals surface area (Å²) in [6, 6.07) is 0. The molecular formula is C123H202O6. The van der Waals surface area contributed by atoms with Gasteiger partial charge in [0.05, 0.1) is 24.4 Å². The Hall–Kier alpha value is -1.86. The van der Waals surface area contributed by atoms with Gasteiger partial charge in [-0.05, 0) is 488 Å². The molecule has 20 rings (SSSR count). The summed E-state index contributed by atoms with van der Waals surface area (Å²) in [5.41, 5.74) is 11.8. The van der Waals surface area contributed by atoms with Gasteiger partial charge in [0.25, 0.3) is 0 Å². The number of aliphatic hydroxyl groups excluding tert-OH is 4. The van der Waals surface area contributed by atoms with Crippen molar-refractivity contribution in [1.29, 1.82) is 0 Å². The van der Waals surface area contributed by atoms with Crippen molar-refractivity contribution in [1.82, 2.24) is 0 Å². The molecule has 0 heterocycles. The number of hydrogen-bond acceptors (Lipinski definition) is 6.